The molecule has 1 saturated heterocycles. The van der Waals surface area contributed by atoms with Crippen LogP contribution < -0.4 is 0 Å². The minimum absolute atomic E-state index is 0.157. The molecule has 3 rings (SSSR count). The summed E-state index contributed by atoms with van der Waals surface area (Å²) in [5.41, 5.74) is 1.13. The maximum Gasteiger partial charge on any atom is 0.243 e. The molecule has 1 heterocycles. The fourth-order valence-electron chi connectivity index (χ4n) is 3.83. The number of carbonyl (C=O) groups excluding carboxylic acids is 1. The minimum atomic E-state index is -3.48. The van der Waals surface area contributed by atoms with E-state index in [9.17, 15) is 13.2 Å². The van der Waals surface area contributed by atoms with Gasteiger partial charge in [-0.1, -0.05) is 31.9 Å². The van der Waals surface area contributed by atoms with Gasteiger partial charge in [-0.2, -0.15) is 4.31 Å². The van der Waals surface area contributed by atoms with Gasteiger partial charge in [0, 0.05) is 32.1 Å². The molecule has 0 bridgehead atoms. The van der Waals surface area contributed by atoms with Gasteiger partial charge in [0.05, 0.1) is 4.90 Å². The van der Waals surface area contributed by atoms with Crippen molar-refractivity contribution in [1.29, 1.82) is 0 Å². The van der Waals surface area contributed by atoms with Gasteiger partial charge in [-0.25, -0.2) is 8.42 Å². The van der Waals surface area contributed by atoms with Gasteiger partial charge < -0.3 is 4.90 Å². The Kier molecular flexibility index (Phi) is 5.79. The van der Waals surface area contributed by atoms with Crippen molar-refractivity contribution in [1.82, 2.24) is 9.21 Å². The molecule has 1 amide bonds. The predicted octanol–water partition coefficient (Wildman–Crippen LogP) is 2.66. The number of nitrogens with zero attached hydrogens (tertiary/aromatic N) is 2. The van der Waals surface area contributed by atoms with Crippen molar-refractivity contribution >= 4 is 15.9 Å². The monoisotopic (exact) mass is 364 g/mol. The Balaban J connectivity index is 1.67. The van der Waals surface area contributed by atoms with Crippen LogP contribution in [0.15, 0.2) is 29.2 Å². The number of sulfonamides is 1. The summed E-state index contributed by atoms with van der Waals surface area (Å²) in [6.07, 6.45) is 5.84. The van der Waals surface area contributed by atoms with E-state index in [1.807, 2.05) is 24.0 Å². The van der Waals surface area contributed by atoms with Gasteiger partial charge >= 0.3 is 0 Å². The van der Waals surface area contributed by atoms with Crippen molar-refractivity contribution < 1.29 is 13.2 Å². The lowest BCUT2D eigenvalue weighted by molar-refractivity contribution is -0.135. The quantitative estimate of drug-likeness (QED) is 0.825. The highest BCUT2D eigenvalue weighted by Crippen LogP contribution is 2.27. The van der Waals surface area contributed by atoms with Crippen LogP contribution in [0.4, 0.5) is 0 Å². The van der Waals surface area contributed by atoms with Crippen LogP contribution in [0, 0.1) is 5.92 Å². The van der Waals surface area contributed by atoms with Crippen molar-refractivity contribution in [3.8, 4) is 0 Å². The molecule has 138 valence electrons. The molecule has 2 fully saturated rings. The Morgan fingerprint density at radius 2 is 1.68 bits per heavy atom. The van der Waals surface area contributed by atoms with E-state index < -0.39 is 10.0 Å². The predicted molar refractivity (Wildman–Crippen MR) is 97.7 cm³/mol. The summed E-state index contributed by atoms with van der Waals surface area (Å²) in [6.45, 7) is 4.08. The van der Waals surface area contributed by atoms with Crippen molar-refractivity contribution in [2.75, 3.05) is 26.2 Å². The summed E-state index contributed by atoms with van der Waals surface area (Å²) < 4.78 is 27.3. The smallest absolute Gasteiger partial charge is 0.243 e. The molecule has 0 aromatic heterocycles. The minimum Gasteiger partial charge on any atom is -0.341 e. The Labute approximate surface area is 151 Å². The topological polar surface area (TPSA) is 57.7 Å². The van der Waals surface area contributed by atoms with Crippen molar-refractivity contribution in [3.63, 3.8) is 0 Å². The fraction of sp³-hybridized carbons (Fsp3) is 0.632. The van der Waals surface area contributed by atoms with Gasteiger partial charge in [0.1, 0.15) is 0 Å². The van der Waals surface area contributed by atoms with E-state index in [1.165, 1.54) is 4.31 Å². The Hall–Kier alpha value is -1.40. The van der Waals surface area contributed by atoms with Crippen LogP contribution in [0.3, 0.4) is 0 Å². The molecular formula is C19H28N2O3S. The summed E-state index contributed by atoms with van der Waals surface area (Å²) in [6, 6.07) is 7.14. The molecule has 1 saturated carbocycles. The number of hydrogen-bond donors (Lipinski definition) is 0. The molecule has 1 aliphatic carbocycles. The first-order valence-electron chi connectivity index (χ1n) is 9.40. The average molecular weight is 365 g/mol. The van der Waals surface area contributed by atoms with Crippen molar-refractivity contribution in [3.05, 3.63) is 29.8 Å². The molecule has 25 heavy (non-hydrogen) atoms. The Morgan fingerprint density at radius 1 is 1.00 bits per heavy atom. The largest absolute Gasteiger partial charge is 0.341 e. The van der Waals surface area contributed by atoms with Crippen LogP contribution in [0.5, 0.6) is 0 Å². The van der Waals surface area contributed by atoms with E-state index >= 15 is 0 Å². The van der Waals surface area contributed by atoms with Crippen LogP contribution in [0.1, 0.15) is 44.6 Å². The zero-order valence-corrected chi connectivity index (χ0v) is 15.8. The number of amides is 1. The Morgan fingerprint density at radius 3 is 2.32 bits per heavy atom. The molecule has 0 atom stereocenters. The zero-order chi connectivity index (χ0) is 17.9. The summed E-state index contributed by atoms with van der Waals surface area (Å²) in [5, 5.41) is 0. The molecular weight excluding hydrogens is 336 g/mol. The highest BCUT2D eigenvalue weighted by atomic mass is 32.2. The van der Waals surface area contributed by atoms with Gasteiger partial charge in [0.25, 0.3) is 0 Å². The summed E-state index contributed by atoms with van der Waals surface area (Å²) in [7, 11) is -3.48. The third-order valence-electron chi connectivity index (χ3n) is 5.44. The lowest BCUT2D eigenvalue weighted by atomic mass is 10.1. The van der Waals surface area contributed by atoms with Crippen LogP contribution >= 0.6 is 0 Å². The molecule has 0 spiro atoms. The maximum atomic E-state index is 12.9. The maximum absolute atomic E-state index is 12.9. The molecule has 1 aliphatic heterocycles. The van der Waals surface area contributed by atoms with Gasteiger partial charge in [-0.05, 0) is 43.4 Å². The molecule has 0 radical (unpaired) electrons. The highest BCUT2D eigenvalue weighted by molar-refractivity contribution is 7.89. The fourth-order valence-corrected chi connectivity index (χ4v) is 5.30. The van der Waals surface area contributed by atoms with E-state index in [2.05, 4.69) is 0 Å². The Bertz CT molecular complexity index is 694. The lowest BCUT2D eigenvalue weighted by Gasteiger charge is -2.24. The first-order chi connectivity index (χ1) is 12.0. The van der Waals surface area contributed by atoms with Gasteiger partial charge in [0.15, 0.2) is 0 Å². The van der Waals surface area contributed by atoms with Crippen LogP contribution in [0.2, 0.25) is 0 Å². The summed E-state index contributed by atoms with van der Waals surface area (Å²) in [5.74, 6) is 0.383. The van der Waals surface area contributed by atoms with E-state index in [4.69, 9.17) is 0 Å². The molecule has 2 aliphatic rings. The van der Waals surface area contributed by atoms with Crippen LogP contribution in [-0.2, 0) is 21.2 Å². The van der Waals surface area contributed by atoms with E-state index in [0.29, 0.717) is 37.5 Å². The van der Waals surface area contributed by atoms with Gasteiger partial charge in [0.2, 0.25) is 15.9 Å². The molecule has 5 nitrogen and oxygen atoms in total. The lowest BCUT2D eigenvalue weighted by Crippen LogP contribution is -2.39. The first-order valence-corrected chi connectivity index (χ1v) is 10.8. The number of benzene rings is 1. The molecule has 1 aromatic rings. The number of hydrogen-bond acceptors (Lipinski definition) is 3. The average Bonchev–Trinajstić information content (AvgIpc) is 3.05. The van der Waals surface area contributed by atoms with Gasteiger partial charge in [-0.15, -0.1) is 0 Å². The van der Waals surface area contributed by atoms with Crippen LogP contribution in [0.25, 0.3) is 0 Å². The SMILES string of the molecule is CCc1ccc(S(=O)(=O)N2CCCN(C(=O)C3CCCC3)CC2)cc1. The summed E-state index contributed by atoms with van der Waals surface area (Å²) in [4.78, 5) is 14.8. The highest BCUT2D eigenvalue weighted by Gasteiger charge is 2.31. The van der Waals surface area contributed by atoms with Crippen LogP contribution in [-0.4, -0.2) is 49.7 Å². The number of aryl methyl sites for hydroxylation is 1. The van der Waals surface area contributed by atoms with E-state index in [1.54, 1.807) is 12.1 Å². The van der Waals surface area contributed by atoms with Crippen molar-refractivity contribution in [2.45, 2.75) is 50.3 Å². The first kappa shape index (κ1) is 18.4. The second-order valence-electron chi connectivity index (χ2n) is 7.06. The second kappa shape index (κ2) is 7.87. The summed E-state index contributed by atoms with van der Waals surface area (Å²) >= 11 is 0. The molecule has 1 aromatic carbocycles. The third kappa shape index (κ3) is 4.06. The van der Waals surface area contributed by atoms with E-state index in [0.717, 1.165) is 37.7 Å². The van der Waals surface area contributed by atoms with E-state index in [-0.39, 0.29) is 11.8 Å². The molecule has 6 heteroatoms. The number of rotatable bonds is 4. The standard InChI is InChI=1S/C19H28N2O3S/c1-2-16-8-10-18(11-9-16)25(23,24)21-13-5-12-20(14-15-21)19(22)17-6-3-4-7-17/h8-11,17H,2-7,12-15H2,1H3. The van der Waals surface area contributed by atoms with Gasteiger partial charge in [-0.3, -0.25) is 4.79 Å². The van der Waals surface area contributed by atoms with Crippen molar-refractivity contribution in [2.24, 2.45) is 5.92 Å². The number of carbonyl (C=O) groups is 1. The second-order valence-corrected chi connectivity index (χ2v) is 9.00. The molecule has 0 N–H and O–H groups in total. The molecule has 0 unspecified atom stereocenters. The zero-order valence-electron chi connectivity index (χ0n) is 15.0. The normalized spacial score (nSPS) is 20.6. The third-order valence-corrected chi connectivity index (χ3v) is 7.35.